The molecule has 0 aliphatic heterocycles. The van der Waals surface area contributed by atoms with E-state index in [0.29, 0.717) is 17.7 Å². The molecule has 1 saturated carbocycles. The summed E-state index contributed by atoms with van der Waals surface area (Å²) in [5.41, 5.74) is 4.67. The lowest BCUT2D eigenvalue weighted by Gasteiger charge is -2.13. The molecule has 0 unspecified atom stereocenters. The summed E-state index contributed by atoms with van der Waals surface area (Å²) in [5, 5.41) is 3.03. The Hall–Kier alpha value is -3.98. The Morgan fingerprint density at radius 1 is 0.686 bits per heavy atom. The minimum atomic E-state index is -0.155. The molecule has 1 amide bonds. The fourth-order valence-electron chi connectivity index (χ4n) is 5.07. The van der Waals surface area contributed by atoms with E-state index in [2.05, 4.69) is 48.6 Å². The highest BCUT2D eigenvalue weighted by Crippen LogP contribution is 2.61. The number of amides is 1. The number of carbonyl (C=O) groups is 2. The molecule has 0 saturated heterocycles. The van der Waals surface area contributed by atoms with Gasteiger partial charge in [-0.15, -0.1) is 0 Å². The minimum Gasteiger partial charge on any atom is -0.351 e. The normalized spacial score (nSPS) is 19.5. The van der Waals surface area contributed by atoms with Gasteiger partial charge in [0.2, 0.25) is 0 Å². The monoisotopic (exact) mass is 459 g/mol. The molecule has 1 aliphatic rings. The zero-order valence-corrected chi connectivity index (χ0v) is 19.8. The lowest BCUT2D eigenvalue weighted by Crippen LogP contribution is -2.27. The molecule has 0 heterocycles. The van der Waals surface area contributed by atoms with Gasteiger partial charge in [-0.25, -0.2) is 0 Å². The fraction of sp³-hybridized carbons (Fsp3) is 0.188. The zero-order chi connectivity index (χ0) is 24.2. The number of carbonyl (C=O) groups excluding carboxylic acids is 2. The highest BCUT2D eigenvalue weighted by Gasteiger charge is 2.55. The molecular formula is C32H29NO2. The van der Waals surface area contributed by atoms with Gasteiger partial charge in [0.15, 0.2) is 5.78 Å². The summed E-state index contributed by atoms with van der Waals surface area (Å²) in [6.45, 7) is 2.63. The first-order chi connectivity index (χ1) is 17.1. The summed E-state index contributed by atoms with van der Waals surface area (Å²) in [6.07, 6.45) is 0. The first kappa shape index (κ1) is 22.8. The molecule has 5 rings (SSSR count). The van der Waals surface area contributed by atoms with Gasteiger partial charge in [-0.3, -0.25) is 9.59 Å². The number of ketones is 1. The molecule has 1 N–H and O–H groups in total. The quantitative estimate of drug-likeness (QED) is 0.302. The molecular weight excluding hydrogens is 430 g/mol. The summed E-state index contributed by atoms with van der Waals surface area (Å²) in [6, 6.07) is 37.8. The third-order valence-electron chi connectivity index (χ3n) is 7.04. The van der Waals surface area contributed by atoms with Crippen molar-refractivity contribution in [3.63, 3.8) is 0 Å². The highest BCUT2D eigenvalue weighted by molar-refractivity contribution is 6.04. The second-order valence-corrected chi connectivity index (χ2v) is 9.37. The van der Waals surface area contributed by atoms with Gasteiger partial charge in [0, 0.05) is 35.4 Å². The smallest absolute Gasteiger partial charge is 0.251 e. The summed E-state index contributed by atoms with van der Waals surface area (Å²) in [5.74, 6) is 0.314. The molecule has 35 heavy (non-hydrogen) atoms. The molecule has 174 valence electrons. The van der Waals surface area contributed by atoms with E-state index in [1.54, 1.807) is 18.2 Å². The molecule has 0 radical (unpaired) electrons. The first-order valence-electron chi connectivity index (χ1n) is 12.2. The van der Waals surface area contributed by atoms with Crippen LogP contribution in [0.1, 0.15) is 62.1 Å². The molecule has 0 spiro atoms. The van der Waals surface area contributed by atoms with E-state index in [4.69, 9.17) is 0 Å². The maximum Gasteiger partial charge on any atom is 0.251 e. The van der Waals surface area contributed by atoms with Crippen LogP contribution >= 0.6 is 0 Å². The van der Waals surface area contributed by atoms with Crippen LogP contribution in [0.25, 0.3) is 0 Å². The average Bonchev–Trinajstić information content (AvgIpc) is 3.68. The van der Waals surface area contributed by atoms with Crippen molar-refractivity contribution in [2.24, 2.45) is 5.92 Å². The van der Waals surface area contributed by atoms with Crippen LogP contribution in [0.5, 0.6) is 0 Å². The van der Waals surface area contributed by atoms with E-state index in [9.17, 15) is 9.59 Å². The summed E-state index contributed by atoms with van der Waals surface area (Å²) < 4.78 is 0. The van der Waals surface area contributed by atoms with Gasteiger partial charge < -0.3 is 5.32 Å². The number of hydrogen-bond donors (Lipinski definition) is 1. The van der Waals surface area contributed by atoms with Gasteiger partial charge in [-0.2, -0.15) is 0 Å². The van der Waals surface area contributed by atoms with E-state index in [1.165, 1.54) is 16.7 Å². The lowest BCUT2D eigenvalue weighted by molar-refractivity contribution is 0.0951. The van der Waals surface area contributed by atoms with Crippen molar-refractivity contribution in [3.8, 4) is 0 Å². The Labute approximate surface area is 206 Å². The third kappa shape index (κ3) is 4.95. The van der Waals surface area contributed by atoms with E-state index < -0.39 is 0 Å². The van der Waals surface area contributed by atoms with Crippen LogP contribution in [0.15, 0.2) is 115 Å². The van der Waals surface area contributed by atoms with Crippen LogP contribution in [-0.4, -0.2) is 18.2 Å². The van der Waals surface area contributed by atoms with Gasteiger partial charge >= 0.3 is 0 Å². The molecule has 4 aromatic rings. The van der Waals surface area contributed by atoms with Crippen molar-refractivity contribution in [1.82, 2.24) is 5.32 Å². The molecule has 1 aliphatic carbocycles. The van der Waals surface area contributed by atoms with E-state index >= 15 is 0 Å². The van der Waals surface area contributed by atoms with Crippen LogP contribution < -0.4 is 5.32 Å². The Balaban J connectivity index is 1.32. The SMILES string of the molecule is C[C@@H](CNC(=O)c1cccc(C(=O)C2[C@@H](c3ccccc3)[C@@H]2c2ccccc2)c1)c1ccccc1. The molecule has 3 atom stereocenters. The fourth-order valence-corrected chi connectivity index (χ4v) is 5.07. The lowest BCUT2D eigenvalue weighted by atomic mass is 9.99. The number of Topliss-reactive ketones (excluding diaryl/α,β-unsaturated/α-hetero) is 1. The Kier molecular flexibility index (Phi) is 6.58. The Morgan fingerprint density at radius 2 is 1.20 bits per heavy atom. The maximum absolute atomic E-state index is 13.7. The predicted molar refractivity (Wildman–Crippen MR) is 140 cm³/mol. The van der Waals surface area contributed by atoms with E-state index in [-0.39, 0.29) is 35.4 Å². The average molecular weight is 460 g/mol. The summed E-state index contributed by atoms with van der Waals surface area (Å²) in [7, 11) is 0. The molecule has 3 heteroatoms. The van der Waals surface area contributed by atoms with Gasteiger partial charge in [0.05, 0.1) is 0 Å². The molecule has 1 fully saturated rings. The number of rotatable bonds is 8. The van der Waals surface area contributed by atoms with Gasteiger partial charge in [0.25, 0.3) is 5.91 Å². The van der Waals surface area contributed by atoms with Crippen molar-refractivity contribution in [2.75, 3.05) is 6.54 Å². The van der Waals surface area contributed by atoms with Crippen LogP contribution in [0.2, 0.25) is 0 Å². The Bertz CT molecular complexity index is 1260. The van der Waals surface area contributed by atoms with Crippen LogP contribution in [0.4, 0.5) is 0 Å². The van der Waals surface area contributed by atoms with Crippen molar-refractivity contribution in [3.05, 3.63) is 143 Å². The maximum atomic E-state index is 13.7. The van der Waals surface area contributed by atoms with Crippen molar-refractivity contribution in [2.45, 2.75) is 24.7 Å². The summed E-state index contributed by atoms with van der Waals surface area (Å²) >= 11 is 0. The number of benzene rings is 4. The van der Waals surface area contributed by atoms with Crippen molar-refractivity contribution in [1.29, 1.82) is 0 Å². The highest BCUT2D eigenvalue weighted by atomic mass is 16.1. The standard InChI is InChI=1S/C32H29NO2/c1-22(23-12-5-2-6-13-23)21-33-32(35)27-19-11-18-26(20-27)31(34)30-28(24-14-7-3-8-15-24)29(30)25-16-9-4-10-17-25/h2-20,22,28-30H,21H2,1H3,(H,33,35)/t22-,28-,29-/m0/s1. The van der Waals surface area contributed by atoms with E-state index in [0.717, 1.165) is 0 Å². The van der Waals surface area contributed by atoms with Gasteiger partial charge in [-0.1, -0.05) is 110 Å². The number of hydrogen-bond acceptors (Lipinski definition) is 2. The predicted octanol–water partition coefficient (Wildman–Crippen LogP) is 6.60. The topological polar surface area (TPSA) is 46.2 Å². The van der Waals surface area contributed by atoms with Crippen molar-refractivity contribution < 1.29 is 9.59 Å². The summed E-state index contributed by atoms with van der Waals surface area (Å²) in [4.78, 5) is 26.6. The number of nitrogens with one attached hydrogen (secondary N) is 1. The van der Waals surface area contributed by atoms with Crippen LogP contribution in [0, 0.1) is 5.92 Å². The van der Waals surface area contributed by atoms with Gasteiger partial charge in [0.1, 0.15) is 0 Å². The minimum absolute atomic E-state index is 0.0972. The molecule has 0 aromatic heterocycles. The molecule has 4 aromatic carbocycles. The van der Waals surface area contributed by atoms with Crippen molar-refractivity contribution >= 4 is 11.7 Å². The molecule has 0 bridgehead atoms. The molecule has 3 nitrogen and oxygen atoms in total. The largest absolute Gasteiger partial charge is 0.351 e. The second kappa shape index (κ2) is 10.1. The van der Waals surface area contributed by atoms with Crippen LogP contribution in [0.3, 0.4) is 0 Å². The zero-order valence-electron chi connectivity index (χ0n) is 19.8. The first-order valence-corrected chi connectivity index (χ1v) is 12.2. The van der Waals surface area contributed by atoms with Crippen LogP contribution in [-0.2, 0) is 0 Å². The second-order valence-electron chi connectivity index (χ2n) is 9.37. The van der Waals surface area contributed by atoms with E-state index in [1.807, 2.05) is 60.7 Å². The Morgan fingerprint density at radius 3 is 1.77 bits per heavy atom. The van der Waals surface area contributed by atoms with Gasteiger partial charge in [-0.05, 0) is 34.7 Å². The third-order valence-corrected chi connectivity index (χ3v) is 7.04.